The third-order valence-corrected chi connectivity index (χ3v) is 11.0. The largest absolute Gasteiger partial charge is 0.507 e. The number of benzene rings is 2. The van der Waals surface area contributed by atoms with Gasteiger partial charge in [-0.1, -0.05) is 29.7 Å². The molecule has 2 unspecified atom stereocenters. The van der Waals surface area contributed by atoms with Gasteiger partial charge in [-0.2, -0.15) is 0 Å². The fraction of sp³-hybridized carbons (Fsp3) is 0.529. The van der Waals surface area contributed by atoms with E-state index in [9.17, 15) is 24.3 Å². The number of rotatable bonds is 8. The van der Waals surface area contributed by atoms with Crippen LogP contribution in [0.25, 0.3) is 0 Å². The van der Waals surface area contributed by atoms with Gasteiger partial charge in [0.25, 0.3) is 11.8 Å². The van der Waals surface area contributed by atoms with Crippen LogP contribution in [0.2, 0.25) is 0 Å². The molecule has 49 heavy (non-hydrogen) atoms. The second-order valence-electron chi connectivity index (χ2n) is 13.5. The van der Waals surface area contributed by atoms with Crippen LogP contribution in [0.4, 0.5) is 15.3 Å². The number of ether oxygens (including phenoxy) is 1. The lowest BCUT2D eigenvalue weighted by Crippen LogP contribution is -2.51. The number of phenolic OH excluding ortho intramolecular Hbond substituents is 1. The van der Waals surface area contributed by atoms with Gasteiger partial charge < -0.3 is 29.9 Å². The standard InChI is InChI=1S/C34H42BBrN6O7/c35-26-15-21(16-27(36)31(26)44)17-29(32(45)41-11-6-24(19-41)23-5-10-39(18-23)20-30(43)38-48)49-34(47)40-12-8-25(9-13-40)42-14-7-22-3-1-2-4-28(22)37-33(42)46/h1-4,15-16,23-25,29,44,48H,5-14,17-20H2,(H,37,46)(H,38,43)/t23?,24?,29-/m1/s1. The molecule has 0 aromatic heterocycles. The van der Waals surface area contributed by atoms with Crippen LogP contribution in [0, 0.1) is 11.8 Å². The van der Waals surface area contributed by atoms with E-state index >= 15 is 0 Å². The van der Waals surface area contributed by atoms with Gasteiger partial charge in [-0.25, -0.2) is 15.1 Å². The smallest absolute Gasteiger partial charge is 0.410 e. The summed E-state index contributed by atoms with van der Waals surface area (Å²) in [5, 5.41) is 22.1. The predicted octanol–water partition coefficient (Wildman–Crippen LogP) is 2.23. The van der Waals surface area contributed by atoms with Crippen LogP contribution in [-0.2, 0) is 27.2 Å². The maximum absolute atomic E-state index is 14.0. The molecule has 3 fully saturated rings. The van der Waals surface area contributed by atoms with Gasteiger partial charge >= 0.3 is 12.1 Å². The van der Waals surface area contributed by atoms with Crippen LogP contribution >= 0.6 is 15.9 Å². The first-order valence-electron chi connectivity index (χ1n) is 16.9. The van der Waals surface area contributed by atoms with E-state index in [4.69, 9.17) is 17.8 Å². The Morgan fingerprint density at radius 1 is 1.00 bits per heavy atom. The highest BCUT2D eigenvalue weighted by molar-refractivity contribution is 9.10. The van der Waals surface area contributed by atoms with Crippen molar-refractivity contribution in [3.8, 4) is 5.75 Å². The summed E-state index contributed by atoms with van der Waals surface area (Å²) in [6, 6.07) is 10.9. The molecule has 4 heterocycles. The average Bonchev–Trinajstić information content (AvgIpc) is 3.74. The minimum Gasteiger partial charge on any atom is -0.507 e. The monoisotopic (exact) mass is 736 g/mol. The molecule has 0 spiro atoms. The van der Waals surface area contributed by atoms with E-state index in [2.05, 4.69) is 21.2 Å². The van der Waals surface area contributed by atoms with Crippen molar-refractivity contribution in [3.63, 3.8) is 0 Å². The number of nitrogens with one attached hydrogen (secondary N) is 2. The zero-order valence-electron chi connectivity index (χ0n) is 27.4. The minimum atomic E-state index is -1.11. The number of phenols is 1. The van der Waals surface area contributed by atoms with Gasteiger partial charge in [0.05, 0.1) is 11.0 Å². The molecule has 4 aliphatic heterocycles. The van der Waals surface area contributed by atoms with Crippen LogP contribution in [0.1, 0.15) is 36.8 Å². The molecule has 3 saturated heterocycles. The van der Waals surface area contributed by atoms with E-state index in [0.29, 0.717) is 68.1 Å². The van der Waals surface area contributed by atoms with Gasteiger partial charge in [-0.05, 0) is 89.7 Å². The molecular weight excluding hydrogens is 695 g/mol. The highest BCUT2D eigenvalue weighted by Crippen LogP contribution is 2.32. The van der Waals surface area contributed by atoms with Crippen molar-refractivity contribution in [1.29, 1.82) is 0 Å². The molecule has 2 aromatic rings. The first-order chi connectivity index (χ1) is 23.6. The Morgan fingerprint density at radius 3 is 2.47 bits per heavy atom. The Morgan fingerprint density at radius 2 is 1.71 bits per heavy atom. The lowest BCUT2D eigenvalue weighted by molar-refractivity contribution is -0.140. The number of likely N-dealkylation sites (tertiary alicyclic amines) is 3. The summed E-state index contributed by atoms with van der Waals surface area (Å²) in [6.07, 6.45) is 2.01. The quantitative estimate of drug-likeness (QED) is 0.183. The van der Waals surface area contributed by atoms with E-state index in [-0.39, 0.29) is 48.1 Å². The number of carbonyl (C=O) groups excluding carboxylic acids is 4. The van der Waals surface area contributed by atoms with Crippen molar-refractivity contribution in [1.82, 2.24) is 25.1 Å². The molecule has 6 rings (SSSR count). The van der Waals surface area contributed by atoms with Gasteiger partial charge in [-0.3, -0.25) is 19.7 Å². The SMILES string of the molecule is [B]c1cc(C[C@@H](OC(=O)N2CCC(N3CCc4ccccc4NC3=O)CC2)C(=O)N2CCC(C3CCN(CC(=O)NO)C3)C2)cc(Br)c1O. The summed E-state index contributed by atoms with van der Waals surface area (Å²) in [5.41, 5.74) is 4.38. The second kappa shape index (κ2) is 15.4. The molecular formula is C34H42BBrN6O7. The molecule has 13 nitrogen and oxygen atoms in total. The third-order valence-electron chi connectivity index (χ3n) is 10.4. The molecule has 0 saturated carbocycles. The van der Waals surface area contributed by atoms with Crippen molar-refractivity contribution in [3.05, 3.63) is 52.0 Å². The van der Waals surface area contributed by atoms with E-state index in [1.165, 1.54) is 0 Å². The molecule has 260 valence electrons. The number of carbonyl (C=O) groups is 4. The van der Waals surface area contributed by atoms with Gasteiger partial charge in [-0.15, -0.1) is 0 Å². The van der Waals surface area contributed by atoms with Crippen molar-refractivity contribution in [2.75, 3.05) is 57.7 Å². The molecule has 3 atom stereocenters. The normalized spacial score (nSPS) is 22.3. The molecule has 0 aliphatic carbocycles. The summed E-state index contributed by atoms with van der Waals surface area (Å²) in [4.78, 5) is 59.5. The fourth-order valence-corrected chi connectivity index (χ4v) is 8.21. The number of hydrogen-bond donors (Lipinski definition) is 4. The highest BCUT2D eigenvalue weighted by Gasteiger charge is 2.40. The number of hydrogen-bond acceptors (Lipinski definition) is 8. The van der Waals surface area contributed by atoms with Crippen molar-refractivity contribution in [2.45, 2.75) is 50.7 Å². The zero-order valence-corrected chi connectivity index (χ0v) is 28.9. The Labute approximate surface area is 295 Å². The maximum Gasteiger partial charge on any atom is 0.410 e. The van der Waals surface area contributed by atoms with Gasteiger partial charge in [0.15, 0.2) is 6.10 Å². The Hall–Kier alpha value is -3.82. The lowest BCUT2D eigenvalue weighted by atomic mass is 9.91. The fourth-order valence-electron chi connectivity index (χ4n) is 7.69. The number of para-hydroxylation sites is 1. The summed E-state index contributed by atoms with van der Waals surface area (Å²) in [6.45, 7) is 3.99. The maximum atomic E-state index is 14.0. The van der Waals surface area contributed by atoms with Crippen LogP contribution < -0.4 is 16.3 Å². The number of urea groups is 1. The van der Waals surface area contributed by atoms with Crippen molar-refractivity contribution < 1.29 is 34.2 Å². The molecule has 15 heteroatoms. The Bertz CT molecular complexity index is 1550. The summed E-state index contributed by atoms with van der Waals surface area (Å²) >= 11 is 3.31. The van der Waals surface area contributed by atoms with E-state index in [0.717, 1.165) is 37.1 Å². The number of anilines is 1. The van der Waals surface area contributed by atoms with Crippen LogP contribution in [0.15, 0.2) is 40.9 Å². The first kappa shape index (κ1) is 35.0. The molecule has 4 aliphatic rings. The summed E-state index contributed by atoms with van der Waals surface area (Å²) in [7, 11) is 6.00. The molecule has 5 amide bonds. The van der Waals surface area contributed by atoms with Crippen LogP contribution in [-0.4, -0.2) is 126 Å². The topological polar surface area (TPSA) is 155 Å². The summed E-state index contributed by atoms with van der Waals surface area (Å²) < 4.78 is 6.36. The second-order valence-corrected chi connectivity index (χ2v) is 14.3. The number of amides is 5. The lowest BCUT2D eigenvalue weighted by Gasteiger charge is -2.38. The van der Waals surface area contributed by atoms with Crippen LogP contribution in [0.5, 0.6) is 5.75 Å². The Balaban J connectivity index is 1.08. The number of nitrogens with zero attached hydrogens (tertiary/aromatic N) is 4. The molecule has 4 N–H and O–H groups in total. The number of halogens is 1. The number of aromatic hydroxyl groups is 1. The van der Waals surface area contributed by atoms with Crippen LogP contribution in [0.3, 0.4) is 0 Å². The zero-order chi connectivity index (χ0) is 34.7. The first-order valence-corrected chi connectivity index (χ1v) is 17.7. The minimum absolute atomic E-state index is 0.0285. The highest BCUT2D eigenvalue weighted by atomic mass is 79.9. The third kappa shape index (κ3) is 8.16. The average molecular weight is 737 g/mol. The molecule has 2 radical (unpaired) electrons. The number of hydroxylamine groups is 1. The molecule has 0 bridgehead atoms. The van der Waals surface area contributed by atoms with Gasteiger partial charge in [0.2, 0.25) is 0 Å². The Kier molecular flexibility index (Phi) is 11.0. The van der Waals surface area contributed by atoms with Gasteiger partial charge in [0, 0.05) is 57.4 Å². The van der Waals surface area contributed by atoms with Crippen molar-refractivity contribution >= 4 is 58.9 Å². The van der Waals surface area contributed by atoms with Gasteiger partial charge in [0.1, 0.15) is 13.6 Å². The summed E-state index contributed by atoms with van der Waals surface area (Å²) in [5.74, 6) is -0.289. The van der Waals surface area contributed by atoms with Crippen molar-refractivity contribution in [2.24, 2.45) is 11.8 Å². The van der Waals surface area contributed by atoms with E-state index < -0.39 is 18.1 Å². The number of piperidine rings is 1. The predicted molar refractivity (Wildman–Crippen MR) is 185 cm³/mol. The molecule has 2 aromatic carbocycles. The van der Waals surface area contributed by atoms with E-state index in [1.807, 2.05) is 34.1 Å². The number of fused-ring (bicyclic) bond motifs is 1. The van der Waals surface area contributed by atoms with E-state index in [1.54, 1.807) is 27.4 Å².